The van der Waals surface area contributed by atoms with E-state index < -0.39 is 28.4 Å². The van der Waals surface area contributed by atoms with Gasteiger partial charge in [-0.25, -0.2) is 8.78 Å². The van der Waals surface area contributed by atoms with Crippen molar-refractivity contribution in [3.8, 4) is 0 Å². The molecule has 1 aliphatic heterocycles. The first-order chi connectivity index (χ1) is 13.8. The number of carbonyl (C=O) groups is 2. The van der Waals surface area contributed by atoms with Gasteiger partial charge in [0.2, 0.25) is 0 Å². The van der Waals surface area contributed by atoms with Crippen molar-refractivity contribution in [1.29, 1.82) is 0 Å². The highest BCUT2D eigenvalue weighted by Gasteiger charge is 2.27. The molecule has 1 fully saturated rings. The van der Waals surface area contributed by atoms with E-state index in [9.17, 15) is 28.5 Å². The van der Waals surface area contributed by atoms with Gasteiger partial charge in [0.1, 0.15) is 11.6 Å². The molecule has 0 aliphatic carbocycles. The van der Waals surface area contributed by atoms with Crippen molar-refractivity contribution in [3.05, 3.63) is 69.3 Å². The Kier molecular flexibility index (Phi) is 5.71. The van der Waals surface area contributed by atoms with E-state index in [4.69, 9.17) is 0 Å². The lowest BCUT2D eigenvalue weighted by atomic mass is 10.1. The van der Waals surface area contributed by atoms with Crippen LogP contribution >= 0.6 is 0 Å². The van der Waals surface area contributed by atoms with Gasteiger partial charge in [0.05, 0.1) is 21.7 Å². The average Bonchev–Trinajstić information content (AvgIpc) is 2.72. The number of benzene rings is 2. The molecule has 0 spiro atoms. The number of nitro groups is 1. The molecule has 0 unspecified atom stereocenters. The number of hydrogen-bond acceptors (Lipinski definition) is 5. The van der Waals surface area contributed by atoms with Gasteiger partial charge in [-0.15, -0.1) is 0 Å². The fourth-order valence-corrected chi connectivity index (χ4v) is 3.21. The molecule has 1 heterocycles. The highest BCUT2D eigenvalue weighted by molar-refractivity contribution is 6.00. The van der Waals surface area contributed by atoms with Gasteiger partial charge in [0.25, 0.3) is 17.5 Å². The molecule has 0 aromatic heterocycles. The predicted octanol–water partition coefficient (Wildman–Crippen LogP) is 2.20. The number of amides is 2. The molecular weight excluding hydrogens is 386 g/mol. The second-order valence-corrected chi connectivity index (χ2v) is 6.44. The van der Waals surface area contributed by atoms with Crippen molar-refractivity contribution < 1.29 is 23.3 Å². The summed E-state index contributed by atoms with van der Waals surface area (Å²) in [5.41, 5.74) is 0.259. The quantitative estimate of drug-likeness (QED) is 0.623. The number of nitrogens with zero attached hydrogens (tertiary/aromatic N) is 3. The summed E-state index contributed by atoms with van der Waals surface area (Å²) < 4.78 is 26.9. The molecular formula is C19H18F2N4O4. The van der Waals surface area contributed by atoms with Gasteiger partial charge >= 0.3 is 0 Å². The summed E-state index contributed by atoms with van der Waals surface area (Å²) in [4.78, 5) is 38.4. The van der Waals surface area contributed by atoms with Crippen molar-refractivity contribution in [3.63, 3.8) is 0 Å². The molecule has 2 aromatic carbocycles. The van der Waals surface area contributed by atoms with Crippen molar-refractivity contribution in [2.75, 3.05) is 38.1 Å². The number of nitrogens with one attached hydrogen (secondary N) is 1. The van der Waals surface area contributed by atoms with Gasteiger partial charge in [-0.2, -0.15) is 0 Å². The van der Waals surface area contributed by atoms with Crippen LogP contribution in [0.3, 0.4) is 0 Å². The lowest BCUT2D eigenvalue weighted by Crippen LogP contribution is -2.49. The van der Waals surface area contributed by atoms with Gasteiger partial charge in [0, 0.05) is 51.4 Å². The first-order valence-corrected chi connectivity index (χ1v) is 8.81. The number of hydrogen-bond donors (Lipinski definition) is 1. The summed E-state index contributed by atoms with van der Waals surface area (Å²) in [6, 6.07) is 6.82. The Morgan fingerprint density at radius 3 is 2.31 bits per heavy atom. The lowest BCUT2D eigenvalue weighted by molar-refractivity contribution is -0.384. The van der Waals surface area contributed by atoms with Crippen molar-refractivity contribution in [2.24, 2.45) is 0 Å². The van der Waals surface area contributed by atoms with E-state index in [1.807, 2.05) is 4.90 Å². The summed E-state index contributed by atoms with van der Waals surface area (Å²) in [7, 11) is 1.43. The first kappa shape index (κ1) is 20.2. The SMILES string of the molecule is CNC(=O)c1cc([N+](=O)[O-])ccc1N1CCN(C(=O)c2ccc(F)cc2F)CC1. The minimum Gasteiger partial charge on any atom is -0.367 e. The minimum absolute atomic E-state index is 0.158. The summed E-state index contributed by atoms with van der Waals surface area (Å²) in [6.07, 6.45) is 0. The summed E-state index contributed by atoms with van der Waals surface area (Å²) in [5.74, 6) is -2.69. The fourth-order valence-electron chi connectivity index (χ4n) is 3.21. The number of nitro benzene ring substituents is 1. The Bertz CT molecular complexity index is 975. The van der Waals surface area contributed by atoms with Crippen LogP contribution in [-0.2, 0) is 0 Å². The topological polar surface area (TPSA) is 95.8 Å². The largest absolute Gasteiger partial charge is 0.367 e. The second kappa shape index (κ2) is 8.21. The molecule has 0 saturated carbocycles. The Morgan fingerprint density at radius 1 is 1.03 bits per heavy atom. The lowest BCUT2D eigenvalue weighted by Gasteiger charge is -2.36. The predicted molar refractivity (Wildman–Crippen MR) is 101 cm³/mol. The molecule has 0 atom stereocenters. The van der Waals surface area contributed by atoms with Gasteiger partial charge in [-0.3, -0.25) is 19.7 Å². The number of non-ortho nitro benzene ring substituents is 1. The third kappa shape index (κ3) is 4.15. The third-order valence-corrected chi connectivity index (χ3v) is 4.73. The number of rotatable bonds is 4. The molecule has 0 radical (unpaired) electrons. The molecule has 10 heteroatoms. The molecule has 1 saturated heterocycles. The maximum absolute atomic E-state index is 13.9. The highest BCUT2D eigenvalue weighted by atomic mass is 19.1. The monoisotopic (exact) mass is 404 g/mol. The summed E-state index contributed by atoms with van der Waals surface area (Å²) in [6.45, 7) is 1.19. The summed E-state index contributed by atoms with van der Waals surface area (Å²) in [5, 5.41) is 13.5. The zero-order chi connectivity index (χ0) is 21.1. The van der Waals surface area contributed by atoms with Crippen molar-refractivity contribution in [1.82, 2.24) is 10.2 Å². The number of carbonyl (C=O) groups excluding carboxylic acids is 2. The molecule has 152 valence electrons. The molecule has 3 rings (SSSR count). The molecule has 0 bridgehead atoms. The third-order valence-electron chi connectivity index (χ3n) is 4.73. The second-order valence-electron chi connectivity index (χ2n) is 6.44. The van der Waals surface area contributed by atoms with Gasteiger partial charge in [0.15, 0.2) is 0 Å². The van der Waals surface area contributed by atoms with Gasteiger partial charge in [-0.1, -0.05) is 0 Å². The van der Waals surface area contributed by atoms with Crippen molar-refractivity contribution >= 4 is 23.2 Å². The summed E-state index contributed by atoms with van der Waals surface area (Å²) >= 11 is 0. The molecule has 1 N–H and O–H groups in total. The standard InChI is InChI=1S/C19H18F2N4O4/c1-22-18(26)15-11-13(25(28)29)3-5-17(15)23-6-8-24(9-7-23)19(27)14-4-2-12(20)10-16(14)21/h2-5,10-11H,6-9H2,1H3,(H,22,26). The first-order valence-electron chi connectivity index (χ1n) is 8.81. The zero-order valence-electron chi connectivity index (χ0n) is 15.5. The smallest absolute Gasteiger partial charge is 0.270 e. The van der Waals surface area contributed by atoms with Crippen LogP contribution in [0.1, 0.15) is 20.7 Å². The normalized spacial score (nSPS) is 13.9. The zero-order valence-corrected chi connectivity index (χ0v) is 15.5. The van der Waals surface area contributed by atoms with E-state index in [2.05, 4.69) is 5.32 Å². The van der Waals surface area contributed by atoms with Crippen LogP contribution in [0.15, 0.2) is 36.4 Å². The van der Waals surface area contributed by atoms with Crippen LogP contribution in [0.5, 0.6) is 0 Å². The average molecular weight is 404 g/mol. The Morgan fingerprint density at radius 2 is 1.72 bits per heavy atom. The van der Waals surface area contributed by atoms with Crippen LogP contribution in [0.4, 0.5) is 20.2 Å². The number of piperazine rings is 1. The Labute approximate surface area is 164 Å². The van der Waals surface area contributed by atoms with Gasteiger partial charge < -0.3 is 15.1 Å². The van der Waals surface area contributed by atoms with E-state index in [1.54, 1.807) is 0 Å². The van der Waals surface area contributed by atoms with E-state index in [0.717, 1.165) is 12.1 Å². The van der Waals surface area contributed by atoms with E-state index in [-0.39, 0.29) is 29.9 Å². The Hall–Kier alpha value is -3.56. The van der Waals surface area contributed by atoms with Crippen LogP contribution in [0.25, 0.3) is 0 Å². The molecule has 2 amide bonds. The van der Waals surface area contributed by atoms with E-state index in [0.29, 0.717) is 24.8 Å². The maximum Gasteiger partial charge on any atom is 0.270 e. The number of anilines is 1. The van der Waals surface area contributed by atoms with Crippen LogP contribution in [-0.4, -0.2) is 54.9 Å². The van der Waals surface area contributed by atoms with E-state index >= 15 is 0 Å². The molecule has 2 aromatic rings. The molecule has 29 heavy (non-hydrogen) atoms. The fraction of sp³-hybridized carbons (Fsp3) is 0.263. The molecule has 1 aliphatic rings. The highest BCUT2D eigenvalue weighted by Crippen LogP contribution is 2.27. The molecule has 8 nitrogen and oxygen atoms in total. The minimum atomic E-state index is -0.922. The van der Waals surface area contributed by atoms with Crippen LogP contribution in [0, 0.1) is 21.7 Å². The van der Waals surface area contributed by atoms with Crippen molar-refractivity contribution in [2.45, 2.75) is 0 Å². The van der Waals surface area contributed by atoms with Crippen LogP contribution in [0.2, 0.25) is 0 Å². The maximum atomic E-state index is 13.9. The van der Waals surface area contributed by atoms with Crippen LogP contribution < -0.4 is 10.2 Å². The Balaban J connectivity index is 1.77. The van der Waals surface area contributed by atoms with E-state index in [1.165, 1.54) is 30.1 Å². The van der Waals surface area contributed by atoms with Gasteiger partial charge in [-0.05, 0) is 18.2 Å². The number of halogens is 2.